The highest BCUT2D eigenvalue weighted by Crippen LogP contribution is 2.30. The minimum atomic E-state index is -0.494. The predicted molar refractivity (Wildman–Crippen MR) is 87.7 cm³/mol. The van der Waals surface area contributed by atoms with Gasteiger partial charge in [0.25, 0.3) is 11.6 Å². The Morgan fingerprint density at radius 1 is 1.38 bits per heavy atom. The molecule has 9 nitrogen and oxygen atoms in total. The van der Waals surface area contributed by atoms with Crippen LogP contribution in [0.1, 0.15) is 15.9 Å². The van der Waals surface area contributed by atoms with Crippen molar-refractivity contribution in [1.82, 2.24) is 25.3 Å². The molecule has 0 bridgehead atoms. The van der Waals surface area contributed by atoms with Crippen LogP contribution in [0.15, 0.2) is 35.9 Å². The van der Waals surface area contributed by atoms with Gasteiger partial charge in [-0.3, -0.25) is 14.9 Å². The average molecular weight is 344 g/mol. The van der Waals surface area contributed by atoms with Gasteiger partial charge in [0.1, 0.15) is 16.9 Å². The van der Waals surface area contributed by atoms with Crippen LogP contribution in [-0.2, 0) is 5.75 Å². The number of hydrogen-bond donors (Lipinski definition) is 2. The Balaban J connectivity index is 1.88. The summed E-state index contributed by atoms with van der Waals surface area (Å²) < 4.78 is 0. The standard InChI is InChI=1S/C14H12N6O3S/c1-15-13(21)8-2-3-9(10(4-8)20(22)23)5-24-14-11-12(17-6-16-11)18-7-19-14/h2-4,6-7H,5H2,1H3,(H,15,21)(H,16,17,18,19). The number of nitro benzene ring substituents is 1. The summed E-state index contributed by atoms with van der Waals surface area (Å²) in [7, 11) is 1.47. The number of benzene rings is 1. The number of aromatic nitrogens is 4. The zero-order chi connectivity index (χ0) is 17.1. The van der Waals surface area contributed by atoms with Crippen LogP contribution in [0.2, 0.25) is 0 Å². The van der Waals surface area contributed by atoms with Gasteiger partial charge in [-0.05, 0) is 6.07 Å². The van der Waals surface area contributed by atoms with Crippen molar-refractivity contribution in [2.75, 3.05) is 7.05 Å². The van der Waals surface area contributed by atoms with Gasteiger partial charge in [-0.25, -0.2) is 15.0 Å². The van der Waals surface area contributed by atoms with Gasteiger partial charge < -0.3 is 10.3 Å². The van der Waals surface area contributed by atoms with Crippen LogP contribution in [0.5, 0.6) is 0 Å². The lowest BCUT2D eigenvalue weighted by Crippen LogP contribution is -2.18. The number of amides is 1. The minimum absolute atomic E-state index is 0.101. The molecule has 3 rings (SSSR count). The fraction of sp³-hybridized carbons (Fsp3) is 0.143. The quantitative estimate of drug-likeness (QED) is 0.313. The van der Waals surface area contributed by atoms with E-state index in [2.05, 4.69) is 25.3 Å². The first-order valence-corrected chi connectivity index (χ1v) is 7.85. The highest BCUT2D eigenvalue weighted by molar-refractivity contribution is 7.98. The van der Waals surface area contributed by atoms with Crippen molar-refractivity contribution in [1.29, 1.82) is 0 Å². The van der Waals surface area contributed by atoms with Crippen LogP contribution in [0.4, 0.5) is 5.69 Å². The molecular weight excluding hydrogens is 332 g/mol. The number of H-pyrrole nitrogens is 1. The van der Waals surface area contributed by atoms with Crippen molar-refractivity contribution in [2.45, 2.75) is 10.8 Å². The van der Waals surface area contributed by atoms with Crippen molar-refractivity contribution in [3.8, 4) is 0 Å². The first kappa shape index (κ1) is 15.9. The summed E-state index contributed by atoms with van der Waals surface area (Å²) in [6.07, 6.45) is 2.93. The van der Waals surface area contributed by atoms with Crippen LogP contribution in [-0.4, -0.2) is 37.8 Å². The molecule has 0 atom stereocenters. The molecule has 1 aromatic carbocycles. The third kappa shape index (κ3) is 3.04. The van der Waals surface area contributed by atoms with E-state index in [1.807, 2.05) is 0 Å². The summed E-state index contributed by atoms with van der Waals surface area (Å²) in [5.41, 5.74) is 1.87. The molecule has 0 fully saturated rings. The molecule has 2 N–H and O–H groups in total. The van der Waals surface area contributed by atoms with Crippen molar-refractivity contribution in [2.24, 2.45) is 0 Å². The van der Waals surface area contributed by atoms with Crippen molar-refractivity contribution in [3.05, 3.63) is 52.1 Å². The zero-order valence-electron chi connectivity index (χ0n) is 12.5. The van der Waals surface area contributed by atoms with E-state index >= 15 is 0 Å². The number of carbonyl (C=O) groups is 1. The van der Waals surface area contributed by atoms with E-state index in [0.29, 0.717) is 27.5 Å². The summed E-state index contributed by atoms with van der Waals surface area (Å²) in [4.78, 5) is 37.7. The lowest BCUT2D eigenvalue weighted by Gasteiger charge is -2.05. The van der Waals surface area contributed by atoms with Gasteiger partial charge in [0.15, 0.2) is 5.65 Å². The Morgan fingerprint density at radius 3 is 2.96 bits per heavy atom. The van der Waals surface area contributed by atoms with Gasteiger partial charge >= 0.3 is 0 Å². The van der Waals surface area contributed by atoms with Crippen LogP contribution in [0.3, 0.4) is 0 Å². The smallest absolute Gasteiger partial charge is 0.274 e. The Labute approximate surface area is 140 Å². The van der Waals surface area contributed by atoms with Gasteiger partial charge in [-0.15, -0.1) is 0 Å². The van der Waals surface area contributed by atoms with Gasteiger partial charge in [0.05, 0.1) is 11.3 Å². The van der Waals surface area contributed by atoms with Gasteiger partial charge in [0, 0.05) is 30.0 Å². The van der Waals surface area contributed by atoms with Crippen LogP contribution < -0.4 is 5.32 Å². The normalized spacial score (nSPS) is 10.7. The van der Waals surface area contributed by atoms with E-state index in [-0.39, 0.29) is 17.2 Å². The second-order valence-electron chi connectivity index (χ2n) is 4.75. The van der Waals surface area contributed by atoms with Crippen molar-refractivity contribution in [3.63, 3.8) is 0 Å². The third-order valence-corrected chi connectivity index (χ3v) is 4.35. The molecule has 0 aliphatic carbocycles. The summed E-state index contributed by atoms with van der Waals surface area (Å²) in [6.45, 7) is 0. The SMILES string of the molecule is CNC(=O)c1ccc(CSc2ncnc3[nH]cnc23)c([N+](=O)[O-])c1. The number of hydrogen-bond acceptors (Lipinski definition) is 7. The molecule has 122 valence electrons. The number of aromatic amines is 1. The molecule has 0 saturated heterocycles. The molecule has 0 radical (unpaired) electrons. The fourth-order valence-corrected chi connectivity index (χ4v) is 3.08. The predicted octanol–water partition coefficient (Wildman–Crippen LogP) is 1.91. The highest BCUT2D eigenvalue weighted by atomic mass is 32.2. The number of rotatable bonds is 5. The molecule has 2 aromatic heterocycles. The Morgan fingerprint density at radius 2 is 2.21 bits per heavy atom. The maximum absolute atomic E-state index is 11.6. The van der Waals surface area contributed by atoms with E-state index in [1.54, 1.807) is 12.1 Å². The Hall–Kier alpha value is -3.01. The molecule has 24 heavy (non-hydrogen) atoms. The zero-order valence-corrected chi connectivity index (χ0v) is 13.3. The lowest BCUT2D eigenvalue weighted by atomic mass is 10.1. The third-order valence-electron chi connectivity index (χ3n) is 3.32. The molecule has 2 heterocycles. The van der Waals surface area contributed by atoms with E-state index in [9.17, 15) is 14.9 Å². The van der Waals surface area contributed by atoms with Crippen LogP contribution in [0, 0.1) is 10.1 Å². The molecule has 0 saturated carbocycles. The van der Waals surface area contributed by atoms with E-state index in [0.717, 1.165) is 0 Å². The van der Waals surface area contributed by atoms with E-state index in [1.165, 1.54) is 37.5 Å². The van der Waals surface area contributed by atoms with Gasteiger partial charge in [-0.1, -0.05) is 17.8 Å². The number of fused-ring (bicyclic) bond motifs is 1. The molecule has 0 aliphatic heterocycles. The molecule has 0 aliphatic rings. The number of thioether (sulfide) groups is 1. The maximum Gasteiger partial charge on any atom is 0.274 e. The average Bonchev–Trinajstić information content (AvgIpc) is 3.08. The summed E-state index contributed by atoms with van der Waals surface area (Å²) in [5.74, 6) is -0.0464. The number of carbonyl (C=O) groups excluding carboxylic acids is 1. The highest BCUT2D eigenvalue weighted by Gasteiger charge is 2.18. The minimum Gasteiger partial charge on any atom is -0.355 e. The number of nitro groups is 1. The summed E-state index contributed by atoms with van der Waals surface area (Å²) in [5, 5.41) is 14.4. The summed E-state index contributed by atoms with van der Waals surface area (Å²) in [6, 6.07) is 4.42. The summed E-state index contributed by atoms with van der Waals surface area (Å²) >= 11 is 1.32. The van der Waals surface area contributed by atoms with Crippen molar-refractivity contribution < 1.29 is 9.72 Å². The second kappa shape index (κ2) is 6.62. The van der Waals surface area contributed by atoms with Crippen LogP contribution >= 0.6 is 11.8 Å². The van der Waals surface area contributed by atoms with Gasteiger partial charge in [-0.2, -0.15) is 0 Å². The van der Waals surface area contributed by atoms with E-state index in [4.69, 9.17) is 0 Å². The second-order valence-corrected chi connectivity index (χ2v) is 5.71. The Kier molecular flexibility index (Phi) is 4.38. The number of imidazole rings is 1. The first-order chi connectivity index (χ1) is 11.6. The molecule has 1 amide bonds. The number of nitrogens with zero attached hydrogens (tertiary/aromatic N) is 4. The molecular formula is C14H12N6O3S. The monoisotopic (exact) mass is 344 g/mol. The Bertz CT molecular complexity index is 926. The molecule has 0 unspecified atom stereocenters. The van der Waals surface area contributed by atoms with Crippen LogP contribution in [0.25, 0.3) is 11.2 Å². The lowest BCUT2D eigenvalue weighted by molar-refractivity contribution is -0.385. The van der Waals surface area contributed by atoms with E-state index < -0.39 is 4.92 Å². The maximum atomic E-state index is 11.6. The largest absolute Gasteiger partial charge is 0.355 e. The molecule has 3 aromatic rings. The van der Waals surface area contributed by atoms with Gasteiger partial charge in [0.2, 0.25) is 0 Å². The first-order valence-electron chi connectivity index (χ1n) is 6.86. The molecule has 10 heteroatoms. The topological polar surface area (TPSA) is 127 Å². The fourth-order valence-electron chi connectivity index (χ4n) is 2.14. The molecule has 0 spiro atoms. The van der Waals surface area contributed by atoms with Crippen molar-refractivity contribution >= 4 is 34.5 Å². The number of nitrogens with one attached hydrogen (secondary N) is 2.